The molecule has 11 nitrogen and oxygen atoms in total. The van der Waals surface area contributed by atoms with Crippen molar-refractivity contribution in [3.63, 3.8) is 0 Å². The maximum Gasteiger partial charge on any atom is 0.337 e. The summed E-state index contributed by atoms with van der Waals surface area (Å²) in [7, 11) is 1.30. The number of benzene rings is 1. The smallest absolute Gasteiger partial charge is 0.337 e. The van der Waals surface area contributed by atoms with Gasteiger partial charge in [-0.2, -0.15) is 6.92 Å². The Hall–Kier alpha value is -2.94. The quantitative estimate of drug-likeness (QED) is 0.363. The number of rotatable bonds is 3. The van der Waals surface area contributed by atoms with Crippen molar-refractivity contribution in [3.05, 3.63) is 42.4 Å². The number of hydrogen-bond donors (Lipinski definition) is 2. The van der Waals surface area contributed by atoms with Gasteiger partial charge in [-0.1, -0.05) is 34.1 Å². The molecule has 0 aliphatic carbocycles. The van der Waals surface area contributed by atoms with E-state index in [0.717, 1.165) is 0 Å². The van der Waals surface area contributed by atoms with Gasteiger partial charge in [-0.3, -0.25) is 4.79 Å². The summed E-state index contributed by atoms with van der Waals surface area (Å²) in [4.78, 5) is 39.6. The van der Waals surface area contributed by atoms with Crippen LogP contribution in [-0.4, -0.2) is 71.3 Å². The van der Waals surface area contributed by atoms with Crippen LogP contribution in [0.25, 0.3) is 0 Å². The number of hydrogen-bond acceptors (Lipinski definition) is 8. The Balaban J connectivity index is 0. The fourth-order valence-electron chi connectivity index (χ4n) is 2.83. The molecule has 1 aromatic carbocycles. The van der Waals surface area contributed by atoms with Crippen molar-refractivity contribution in [3.8, 4) is 0 Å². The van der Waals surface area contributed by atoms with Crippen molar-refractivity contribution < 1.29 is 44.8 Å². The molecule has 3 amide bonds. The van der Waals surface area contributed by atoms with Gasteiger partial charge in [-0.05, 0) is 41.0 Å². The molecule has 1 aromatic heterocycles. The van der Waals surface area contributed by atoms with Crippen molar-refractivity contribution in [2.45, 2.75) is 47.5 Å². The zero-order valence-electron chi connectivity index (χ0n) is 22.0. The SMILES string of the molecule is CC.CCC.COC(=O)c1ccc(NC(=O)N2CCCN(C(=O)c3nonc3N)CC2)cc1.[CH2-]C.[Pt]. The zero-order valence-corrected chi connectivity index (χ0v) is 24.3. The van der Waals surface area contributed by atoms with Crippen LogP contribution in [-0.2, 0) is 25.8 Å². The fraction of sp³-hybridized carbons (Fsp3) is 0.500. The minimum absolute atomic E-state index is 0. The van der Waals surface area contributed by atoms with Gasteiger partial charge in [-0.25, -0.2) is 14.2 Å². The number of carbonyl (C=O) groups is 3. The van der Waals surface area contributed by atoms with Crippen molar-refractivity contribution in [1.82, 2.24) is 20.1 Å². The molecule has 3 N–H and O–H groups in total. The summed E-state index contributed by atoms with van der Waals surface area (Å²) < 4.78 is 9.11. The molecule has 2 heterocycles. The van der Waals surface area contributed by atoms with Gasteiger partial charge >= 0.3 is 12.0 Å². The van der Waals surface area contributed by atoms with Gasteiger partial charge in [0, 0.05) is 52.9 Å². The van der Waals surface area contributed by atoms with Crippen LogP contribution in [0.2, 0.25) is 0 Å². The number of ether oxygens (including phenoxy) is 1. The minimum atomic E-state index is -0.446. The molecule has 0 spiro atoms. The van der Waals surface area contributed by atoms with Crippen molar-refractivity contribution in [2.75, 3.05) is 44.3 Å². The van der Waals surface area contributed by atoms with Gasteiger partial charge in [0.1, 0.15) is 0 Å². The number of nitrogen functional groups attached to an aromatic ring is 1. The third-order valence-corrected chi connectivity index (χ3v) is 4.34. The van der Waals surface area contributed by atoms with E-state index in [9.17, 15) is 14.4 Å². The Morgan fingerprint density at radius 3 is 2.06 bits per heavy atom. The third-order valence-electron chi connectivity index (χ3n) is 4.34. The van der Waals surface area contributed by atoms with E-state index in [2.05, 4.69) is 45.8 Å². The number of esters is 1. The number of methoxy groups -OCH3 is 1. The molecule has 36 heavy (non-hydrogen) atoms. The normalized spacial score (nSPS) is 12.0. The number of nitrogens with one attached hydrogen (secondary N) is 1. The molecule has 1 saturated heterocycles. The number of urea groups is 1. The van der Waals surface area contributed by atoms with E-state index in [1.54, 1.807) is 41.0 Å². The maximum atomic E-state index is 12.5. The fourth-order valence-corrected chi connectivity index (χ4v) is 2.83. The number of nitrogens with two attached hydrogens (primary N) is 1. The predicted octanol–water partition coefficient (Wildman–Crippen LogP) is 4.10. The van der Waals surface area contributed by atoms with Crippen LogP contribution < -0.4 is 11.1 Å². The number of nitrogens with zero attached hydrogens (tertiary/aromatic N) is 4. The van der Waals surface area contributed by atoms with E-state index in [0.29, 0.717) is 43.9 Å². The van der Waals surface area contributed by atoms with E-state index in [1.165, 1.54) is 13.5 Å². The van der Waals surface area contributed by atoms with Crippen LogP contribution in [0.1, 0.15) is 68.3 Å². The number of amides is 3. The van der Waals surface area contributed by atoms with E-state index in [-0.39, 0.29) is 44.5 Å². The third kappa shape index (κ3) is 11.2. The van der Waals surface area contributed by atoms with Crippen molar-refractivity contribution in [2.24, 2.45) is 0 Å². The summed E-state index contributed by atoms with van der Waals surface area (Å²) in [6, 6.07) is 6.10. The summed E-state index contributed by atoms with van der Waals surface area (Å²) in [5.74, 6) is -0.878. The minimum Gasteiger partial charge on any atom is -0.465 e. The number of carbonyl (C=O) groups excluding carboxylic acids is 3. The molecule has 0 saturated carbocycles. The molecule has 0 atom stereocenters. The summed E-state index contributed by atoms with van der Waals surface area (Å²) in [5, 5.41) is 9.72. The topological polar surface area (TPSA) is 144 Å². The molecule has 0 unspecified atom stereocenters. The first-order valence-electron chi connectivity index (χ1n) is 11.7. The monoisotopic (exact) mass is 686 g/mol. The Morgan fingerprint density at radius 2 is 1.56 bits per heavy atom. The predicted molar refractivity (Wildman–Crippen MR) is 136 cm³/mol. The number of aromatic nitrogens is 2. The Labute approximate surface area is 228 Å². The van der Waals surface area contributed by atoms with Crippen LogP contribution in [0.5, 0.6) is 0 Å². The summed E-state index contributed by atoms with van der Waals surface area (Å²) in [6.45, 7) is 14.9. The van der Waals surface area contributed by atoms with Crippen LogP contribution in [0, 0.1) is 6.92 Å². The molecule has 0 bridgehead atoms. The molecule has 1 fully saturated rings. The molecule has 12 heteroatoms. The Morgan fingerprint density at radius 1 is 1.03 bits per heavy atom. The molecule has 0 radical (unpaired) electrons. The molecular formula is C24H39N6O5Pt-. The van der Waals surface area contributed by atoms with Gasteiger partial charge in [0.25, 0.3) is 5.91 Å². The van der Waals surface area contributed by atoms with Gasteiger partial charge < -0.3 is 32.5 Å². The average Bonchev–Trinajstić information content (AvgIpc) is 3.16. The van der Waals surface area contributed by atoms with Gasteiger partial charge in [0.05, 0.1) is 12.7 Å². The van der Waals surface area contributed by atoms with E-state index in [1.807, 2.05) is 13.8 Å². The second-order valence-electron chi connectivity index (χ2n) is 6.84. The summed E-state index contributed by atoms with van der Waals surface area (Å²) in [6.07, 6.45) is 1.85. The van der Waals surface area contributed by atoms with Crippen LogP contribution in [0.4, 0.5) is 16.3 Å². The van der Waals surface area contributed by atoms with Gasteiger partial charge in [0.15, 0.2) is 0 Å². The van der Waals surface area contributed by atoms with Gasteiger partial charge in [0.2, 0.25) is 11.5 Å². The first-order valence-corrected chi connectivity index (χ1v) is 11.7. The van der Waals surface area contributed by atoms with E-state index in [4.69, 9.17) is 5.73 Å². The van der Waals surface area contributed by atoms with E-state index < -0.39 is 5.97 Å². The number of anilines is 2. The second kappa shape index (κ2) is 20.3. The molecule has 2 aromatic rings. The molecule has 3 rings (SSSR count). The van der Waals surface area contributed by atoms with Gasteiger partial charge in [-0.15, -0.1) is 0 Å². The van der Waals surface area contributed by atoms with Crippen LogP contribution >= 0.6 is 0 Å². The van der Waals surface area contributed by atoms with E-state index >= 15 is 0 Å². The van der Waals surface area contributed by atoms with Crippen molar-refractivity contribution >= 4 is 29.4 Å². The standard InChI is InChI=1S/C17H20N6O5.C3H8.C2H6.C2H5.Pt/c1-27-16(25)11-3-5-12(6-4-11)19-17(26)23-8-2-7-22(9-10-23)15(24)13-14(18)21-28-20-13;1-3-2;2*1-2;/h3-6H,2,7-10H2,1H3,(H2,18,21)(H,19,26);3H2,1-2H3;1-2H3;1H2,2H3;/q;;;-1;. The Bertz CT molecular complexity index is 891. The molecule has 206 valence electrons. The maximum absolute atomic E-state index is 12.5. The Kier molecular flexibility index (Phi) is 19.8. The first kappa shape index (κ1) is 35.2. The first-order chi connectivity index (χ1) is 16.9. The second-order valence-corrected chi connectivity index (χ2v) is 6.84. The molecule has 1 aliphatic heterocycles. The summed E-state index contributed by atoms with van der Waals surface area (Å²) >= 11 is 0. The average molecular weight is 687 g/mol. The zero-order chi connectivity index (χ0) is 26.8. The molecular weight excluding hydrogens is 647 g/mol. The largest absolute Gasteiger partial charge is 0.465 e. The van der Waals surface area contributed by atoms with Crippen molar-refractivity contribution in [1.29, 1.82) is 0 Å². The van der Waals surface area contributed by atoms with Crippen LogP contribution in [0.3, 0.4) is 0 Å². The summed E-state index contributed by atoms with van der Waals surface area (Å²) in [5.41, 5.74) is 6.49. The molecule has 1 aliphatic rings. The van der Waals surface area contributed by atoms with Crippen LogP contribution in [0.15, 0.2) is 28.9 Å².